The predicted molar refractivity (Wildman–Crippen MR) is 250 cm³/mol. The average Bonchev–Trinajstić information content (AvgIpc) is 3.67. The van der Waals surface area contributed by atoms with Gasteiger partial charge in [0.2, 0.25) is 0 Å². The molecule has 0 bridgehead atoms. The lowest BCUT2D eigenvalue weighted by atomic mass is 9.61. The van der Waals surface area contributed by atoms with Crippen molar-refractivity contribution >= 4 is 38.9 Å². The Bertz CT molecular complexity index is 3100. The van der Waals surface area contributed by atoms with Crippen molar-refractivity contribution in [3.63, 3.8) is 0 Å². The van der Waals surface area contributed by atoms with Crippen molar-refractivity contribution in [2.24, 2.45) is 0 Å². The van der Waals surface area contributed by atoms with Crippen molar-refractivity contribution in [2.45, 2.75) is 19.3 Å². The molecule has 0 amide bonds. The minimum atomic E-state index is -0.614. The molecule has 2 aliphatic rings. The Balaban J connectivity index is 0.00000201. The standard InChI is InChI=1S/C55H36N2O.C2H6/c1-2-14-37(15-3-1)40-30-35-52-48(36-40)55(46-19-7-12-24-53(46)58-54-25-13-8-20-47(54)55)45-18-6-11-23-51(45)57(52)42-33-28-39(29-34-42)38-26-31-41(32-27-38)56-49-21-9-4-16-43(49)44-17-5-10-22-50(44)56;1-2/h1-36H;1-2H3. The van der Waals surface area contributed by atoms with Gasteiger partial charge in [0.15, 0.2) is 0 Å². The second kappa shape index (κ2) is 14.3. The first kappa shape index (κ1) is 35.5. The molecule has 0 saturated carbocycles. The van der Waals surface area contributed by atoms with Gasteiger partial charge in [-0.05, 0) is 100 Å². The average molecular weight is 771 g/mol. The third-order valence-corrected chi connectivity index (χ3v) is 12.3. The van der Waals surface area contributed by atoms with Gasteiger partial charge in [-0.3, -0.25) is 0 Å². The van der Waals surface area contributed by atoms with Crippen LogP contribution < -0.4 is 9.64 Å². The van der Waals surface area contributed by atoms with Crippen LogP contribution in [0.1, 0.15) is 36.1 Å². The number of rotatable bonds is 4. The van der Waals surface area contributed by atoms with Crippen molar-refractivity contribution in [3.05, 3.63) is 241 Å². The molecule has 9 aromatic carbocycles. The summed E-state index contributed by atoms with van der Waals surface area (Å²) in [6, 6.07) is 79.1. The Hall–Kier alpha value is -7.62. The fraction of sp³-hybridized carbons (Fsp3) is 0.0526. The molecule has 3 nitrogen and oxygen atoms in total. The number of hydrogen-bond acceptors (Lipinski definition) is 2. The first-order chi connectivity index (χ1) is 29.8. The van der Waals surface area contributed by atoms with E-state index in [2.05, 4.69) is 228 Å². The molecule has 0 atom stereocenters. The zero-order valence-electron chi connectivity index (χ0n) is 33.6. The van der Waals surface area contributed by atoms with Crippen molar-refractivity contribution in [1.82, 2.24) is 4.57 Å². The van der Waals surface area contributed by atoms with E-state index in [0.717, 1.165) is 45.4 Å². The van der Waals surface area contributed by atoms with Crippen molar-refractivity contribution in [2.75, 3.05) is 4.90 Å². The summed E-state index contributed by atoms with van der Waals surface area (Å²) in [4.78, 5) is 2.44. The van der Waals surface area contributed by atoms with E-state index < -0.39 is 5.41 Å². The van der Waals surface area contributed by atoms with Gasteiger partial charge in [0, 0.05) is 33.3 Å². The summed E-state index contributed by atoms with van der Waals surface area (Å²) < 4.78 is 9.04. The molecule has 12 rings (SSSR count). The summed E-state index contributed by atoms with van der Waals surface area (Å²) in [7, 11) is 0. The Labute approximate surface area is 351 Å². The summed E-state index contributed by atoms with van der Waals surface area (Å²) >= 11 is 0. The molecule has 286 valence electrons. The van der Waals surface area contributed by atoms with Gasteiger partial charge in [-0.15, -0.1) is 0 Å². The van der Waals surface area contributed by atoms with Crippen LogP contribution in [0, 0.1) is 0 Å². The van der Waals surface area contributed by atoms with Gasteiger partial charge in [0.1, 0.15) is 11.5 Å². The molecule has 0 N–H and O–H groups in total. The zero-order valence-corrected chi connectivity index (χ0v) is 33.6. The SMILES string of the molecule is CC.c1ccc(-c2ccc3c(c2)C2(c4ccccc4Oc4ccccc42)c2ccccc2N3c2ccc(-c3ccc(-n4c5ccccc5c5ccccc54)cc3)cc2)cc1. The Morgan fingerprint density at radius 1 is 0.350 bits per heavy atom. The molecule has 0 unspecified atom stereocenters. The molecule has 1 spiro atoms. The van der Waals surface area contributed by atoms with Gasteiger partial charge in [0.05, 0.1) is 27.8 Å². The second-order valence-corrected chi connectivity index (χ2v) is 15.3. The third-order valence-electron chi connectivity index (χ3n) is 12.3. The lowest BCUT2D eigenvalue weighted by Gasteiger charge is -2.48. The summed E-state index contributed by atoms with van der Waals surface area (Å²) in [5, 5.41) is 2.54. The summed E-state index contributed by atoms with van der Waals surface area (Å²) in [5.41, 5.74) is 15.8. The maximum Gasteiger partial charge on any atom is 0.132 e. The second-order valence-electron chi connectivity index (χ2n) is 15.3. The minimum absolute atomic E-state index is 0.614. The molecule has 2 aliphatic heterocycles. The van der Waals surface area contributed by atoms with E-state index in [1.54, 1.807) is 0 Å². The molecule has 10 aromatic rings. The fourth-order valence-electron chi connectivity index (χ4n) is 9.76. The highest BCUT2D eigenvalue weighted by molar-refractivity contribution is 6.09. The van der Waals surface area contributed by atoms with Crippen LogP contribution in [0.5, 0.6) is 11.5 Å². The zero-order chi connectivity index (χ0) is 40.2. The smallest absolute Gasteiger partial charge is 0.132 e. The molecule has 60 heavy (non-hydrogen) atoms. The van der Waals surface area contributed by atoms with Gasteiger partial charge >= 0.3 is 0 Å². The summed E-state index contributed by atoms with van der Waals surface area (Å²) in [6.45, 7) is 4.00. The van der Waals surface area contributed by atoms with Crippen LogP contribution in [0.25, 0.3) is 49.7 Å². The van der Waals surface area contributed by atoms with Crippen LogP contribution in [-0.2, 0) is 5.41 Å². The van der Waals surface area contributed by atoms with Crippen molar-refractivity contribution in [1.29, 1.82) is 0 Å². The number of benzene rings is 9. The molecular weight excluding hydrogens is 729 g/mol. The fourth-order valence-corrected chi connectivity index (χ4v) is 9.76. The first-order valence-electron chi connectivity index (χ1n) is 20.9. The number of anilines is 3. The van der Waals surface area contributed by atoms with E-state index in [-0.39, 0.29) is 0 Å². The lowest BCUT2D eigenvalue weighted by Crippen LogP contribution is -2.39. The Morgan fingerprint density at radius 2 is 0.800 bits per heavy atom. The van der Waals surface area contributed by atoms with Gasteiger partial charge in [-0.2, -0.15) is 0 Å². The maximum absolute atomic E-state index is 6.67. The topological polar surface area (TPSA) is 17.4 Å². The summed E-state index contributed by atoms with van der Waals surface area (Å²) in [6.07, 6.45) is 0. The van der Waals surface area contributed by atoms with Gasteiger partial charge < -0.3 is 14.2 Å². The summed E-state index contributed by atoms with van der Waals surface area (Å²) in [5.74, 6) is 1.77. The lowest BCUT2D eigenvalue weighted by molar-refractivity contribution is 0.434. The number of fused-ring (bicyclic) bond motifs is 11. The van der Waals surface area contributed by atoms with Gasteiger partial charge in [-0.25, -0.2) is 0 Å². The van der Waals surface area contributed by atoms with E-state index in [1.807, 2.05) is 13.8 Å². The molecule has 3 heterocycles. The van der Waals surface area contributed by atoms with Crippen LogP contribution in [0.15, 0.2) is 218 Å². The first-order valence-corrected chi connectivity index (χ1v) is 20.9. The maximum atomic E-state index is 6.67. The largest absolute Gasteiger partial charge is 0.457 e. The molecule has 3 heteroatoms. The molecule has 0 saturated heterocycles. The number of para-hydroxylation sites is 5. The normalized spacial score (nSPS) is 13.1. The monoisotopic (exact) mass is 770 g/mol. The van der Waals surface area contributed by atoms with E-state index >= 15 is 0 Å². The Morgan fingerprint density at radius 3 is 1.42 bits per heavy atom. The highest BCUT2D eigenvalue weighted by Gasteiger charge is 2.51. The highest BCUT2D eigenvalue weighted by atomic mass is 16.5. The molecule has 1 aromatic heterocycles. The molecule has 0 fully saturated rings. The van der Waals surface area contributed by atoms with Crippen LogP contribution in [0.3, 0.4) is 0 Å². The van der Waals surface area contributed by atoms with Crippen LogP contribution in [0.2, 0.25) is 0 Å². The van der Waals surface area contributed by atoms with Gasteiger partial charge in [-0.1, -0.05) is 166 Å². The number of hydrogen-bond donors (Lipinski definition) is 0. The quantitative estimate of drug-likeness (QED) is 0.177. The minimum Gasteiger partial charge on any atom is -0.457 e. The molecule has 0 radical (unpaired) electrons. The van der Waals surface area contributed by atoms with Crippen LogP contribution in [-0.4, -0.2) is 4.57 Å². The van der Waals surface area contributed by atoms with Crippen LogP contribution in [0.4, 0.5) is 17.1 Å². The number of nitrogens with zero attached hydrogens (tertiary/aromatic N) is 2. The van der Waals surface area contributed by atoms with E-state index in [9.17, 15) is 0 Å². The van der Waals surface area contributed by atoms with Crippen molar-refractivity contribution in [3.8, 4) is 39.4 Å². The number of aromatic nitrogens is 1. The van der Waals surface area contributed by atoms with Crippen LogP contribution >= 0.6 is 0 Å². The number of ether oxygens (including phenoxy) is 1. The van der Waals surface area contributed by atoms with E-state index in [0.29, 0.717) is 0 Å². The molecule has 0 aliphatic carbocycles. The van der Waals surface area contributed by atoms with E-state index in [4.69, 9.17) is 4.74 Å². The highest BCUT2D eigenvalue weighted by Crippen LogP contribution is 2.63. The Kier molecular flexibility index (Phi) is 8.49. The van der Waals surface area contributed by atoms with Gasteiger partial charge in [0.25, 0.3) is 0 Å². The molecular formula is C57H42N2O. The van der Waals surface area contributed by atoms with Crippen molar-refractivity contribution < 1.29 is 4.74 Å². The predicted octanol–water partition coefficient (Wildman–Crippen LogP) is 15.4. The third kappa shape index (κ3) is 5.29. The van der Waals surface area contributed by atoms with E-state index in [1.165, 1.54) is 55.2 Å².